The molecule has 1 rings (SSSR count). The summed E-state index contributed by atoms with van der Waals surface area (Å²) in [6.45, 7) is 6.35. The number of carboxylic acids is 1. The third-order valence-corrected chi connectivity index (χ3v) is 2.53. The van der Waals surface area contributed by atoms with E-state index in [0.717, 1.165) is 0 Å². The summed E-state index contributed by atoms with van der Waals surface area (Å²) in [5.41, 5.74) is 2.04. The summed E-state index contributed by atoms with van der Waals surface area (Å²) in [6, 6.07) is 7.50. The normalized spacial score (nSPS) is 12.4. The maximum atomic E-state index is 11.0. The van der Waals surface area contributed by atoms with Crippen molar-refractivity contribution in [3.05, 3.63) is 41.7 Å². The van der Waals surface area contributed by atoms with Crippen molar-refractivity contribution in [1.29, 1.82) is 0 Å². The molecule has 1 aromatic rings. The van der Waals surface area contributed by atoms with Gasteiger partial charge in [-0.05, 0) is 16.5 Å². The smallest absolute Gasteiger partial charge is 0.339 e. The van der Waals surface area contributed by atoms with Crippen molar-refractivity contribution in [3.8, 4) is 0 Å². The molecule has 0 saturated carbocycles. The molecule has 0 spiro atoms. The molecule has 3 nitrogen and oxygen atoms in total. The molecule has 1 aromatic carbocycles. The van der Waals surface area contributed by atoms with Gasteiger partial charge in [0, 0.05) is 0 Å². The van der Waals surface area contributed by atoms with Gasteiger partial charge in [-0.2, -0.15) is 0 Å². The third kappa shape index (κ3) is 3.34. The van der Waals surface area contributed by atoms with E-state index in [9.17, 15) is 4.79 Å². The van der Waals surface area contributed by atoms with Gasteiger partial charge in [0.05, 0.1) is 13.4 Å². The molecule has 17 heavy (non-hydrogen) atoms. The van der Waals surface area contributed by atoms with Gasteiger partial charge in [-0.15, -0.1) is 0 Å². The Balaban J connectivity index is 3.09. The van der Waals surface area contributed by atoms with Crippen LogP contribution in [-0.4, -0.2) is 18.2 Å². The fourth-order valence-corrected chi connectivity index (χ4v) is 1.51. The molecular weight excluding hydrogens is 216 g/mol. The van der Waals surface area contributed by atoms with Crippen LogP contribution in [0.3, 0.4) is 0 Å². The highest BCUT2D eigenvalue weighted by molar-refractivity contribution is 6.15. The summed E-state index contributed by atoms with van der Waals surface area (Å²) >= 11 is 0. The van der Waals surface area contributed by atoms with Gasteiger partial charge in [-0.3, -0.25) is 0 Å². The average Bonchev–Trinajstić information content (AvgIpc) is 2.24. The minimum atomic E-state index is -0.990. The number of carbonyl (C=O) groups is 1. The summed E-state index contributed by atoms with van der Waals surface area (Å²) in [5.74, 6) is -0.990. The SMILES string of the molecule is CO/C=C(/C(=O)O)c1ccc(C(C)(C)C)cc1. The summed E-state index contributed by atoms with van der Waals surface area (Å²) < 4.78 is 4.77. The molecule has 0 aliphatic rings. The quantitative estimate of drug-likeness (QED) is 0.646. The molecule has 0 fully saturated rings. The lowest BCUT2D eigenvalue weighted by atomic mass is 9.86. The van der Waals surface area contributed by atoms with E-state index in [-0.39, 0.29) is 11.0 Å². The highest BCUT2D eigenvalue weighted by Crippen LogP contribution is 2.24. The zero-order valence-corrected chi connectivity index (χ0v) is 10.7. The van der Waals surface area contributed by atoms with Crippen molar-refractivity contribution in [2.75, 3.05) is 7.11 Å². The molecule has 0 aromatic heterocycles. The Kier molecular flexibility index (Phi) is 3.94. The predicted octanol–water partition coefficient (Wildman–Crippen LogP) is 3.06. The van der Waals surface area contributed by atoms with Crippen molar-refractivity contribution in [3.63, 3.8) is 0 Å². The number of hydrogen-bond donors (Lipinski definition) is 1. The molecule has 0 radical (unpaired) electrons. The fraction of sp³-hybridized carbons (Fsp3) is 0.357. The van der Waals surface area contributed by atoms with Crippen LogP contribution < -0.4 is 0 Å². The van der Waals surface area contributed by atoms with E-state index in [1.54, 1.807) is 12.1 Å². The van der Waals surface area contributed by atoms with Crippen molar-refractivity contribution in [1.82, 2.24) is 0 Å². The third-order valence-electron chi connectivity index (χ3n) is 2.53. The Morgan fingerprint density at radius 3 is 2.12 bits per heavy atom. The van der Waals surface area contributed by atoms with Crippen molar-refractivity contribution < 1.29 is 14.6 Å². The minimum absolute atomic E-state index is 0.0624. The number of methoxy groups -OCH3 is 1. The van der Waals surface area contributed by atoms with Crippen LogP contribution in [0.15, 0.2) is 30.5 Å². The van der Waals surface area contributed by atoms with E-state index >= 15 is 0 Å². The van der Waals surface area contributed by atoms with Crippen LogP contribution in [0.25, 0.3) is 5.57 Å². The van der Waals surface area contributed by atoms with Crippen LogP contribution in [0.1, 0.15) is 31.9 Å². The molecule has 0 heterocycles. The van der Waals surface area contributed by atoms with E-state index in [1.807, 2.05) is 12.1 Å². The molecule has 1 N–H and O–H groups in total. The van der Waals surface area contributed by atoms with Gasteiger partial charge in [0.15, 0.2) is 0 Å². The first-order chi connectivity index (χ1) is 7.86. The lowest BCUT2D eigenvalue weighted by Gasteiger charge is -2.19. The molecule has 0 aliphatic carbocycles. The first-order valence-corrected chi connectivity index (χ1v) is 5.43. The highest BCUT2D eigenvalue weighted by atomic mass is 16.5. The summed E-state index contributed by atoms with van der Waals surface area (Å²) in [6.07, 6.45) is 1.24. The number of aliphatic carboxylic acids is 1. The minimum Gasteiger partial charge on any atom is -0.503 e. The van der Waals surface area contributed by atoms with E-state index in [2.05, 4.69) is 20.8 Å². The second-order valence-electron chi connectivity index (χ2n) is 4.90. The number of carboxylic acid groups (broad SMARTS) is 1. The van der Waals surface area contributed by atoms with Crippen LogP contribution >= 0.6 is 0 Å². The van der Waals surface area contributed by atoms with Gasteiger partial charge in [0.1, 0.15) is 5.57 Å². The van der Waals surface area contributed by atoms with Gasteiger partial charge >= 0.3 is 5.97 Å². The molecule has 0 atom stereocenters. The van der Waals surface area contributed by atoms with Gasteiger partial charge in [0.2, 0.25) is 0 Å². The Morgan fingerprint density at radius 2 is 1.76 bits per heavy atom. The molecule has 0 unspecified atom stereocenters. The van der Waals surface area contributed by atoms with Crippen LogP contribution in [0, 0.1) is 0 Å². The number of benzene rings is 1. The van der Waals surface area contributed by atoms with Crippen molar-refractivity contribution >= 4 is 11.5 Å². The Labute approximate surface area is 102 Å². The van der Waals surface area contributed by atoms with Crippen LogP contribution in [0.4, 0.5) is 0 Å². The molecule has 92 valence electrons. The zero-order chi connectivity index (χ0) is 13.1. The average molecular weight is 234 g/mol. The number of ether oxygens (including phenoxy) is 1. The van der Waals surface area contributed by atoms with Gasteiger partial charge in [-0.1, -0.05) is 45.0 Å². The summed E-state index contributed by atoms with van der Waals surface area (Å²) in [7, 11) is 1.44. The van der Waals surface area contributed by atoms with E-state index in [0.29, 0.717) is 5.56 Å². The largest absolute Gasteiger partial charge is 0.503 e. The summed E-state index contributed by atoms with van der Waals surface area (Å²) in [5, 5.41) is 9.04. The maximum absolute atomic E-state index is 11.0. The number of rotatable bonds is 3. The van der Waals surface area contributed by atoms with E-state index in [1.165, 1.54) is 18.9 Å². The predicted molar refractivity (Wildman–Crippen MR) is 67.8 cm³/mol. The highest BCUT2D eigenvalue weighted by Gasteiger charge is 2.15. The fourth-order valence-electron chi connectivity index (χ4n) is 1.51. The first-order valence-electron chi connectivity index (χ1n) is 5.43. The molecule has 0 aliphatic heterocycles. The van der Waals surface area contributed by atoms with Gasteiger partial charge in [-0.25, -0.2) is 4.79 Å². The van der Waals surface area contributed by atoms with E-state index < -0.39 is 5.97 Å². The second-order valence-corrected chi connectivity index (χ2v) is 4.90. The van der Waals surface area contributed by atoms with Gasteiger partial charge in [0.25, 0.3) is 0 Å². The first kappa shape index (κ1) is 13.3. The Morgan fingerprint density at radius 1 is 1.24 bits per heavy atom. The van der Waals surface area contributed by atoms with E-state index in [4.69, 9.17) is 9.84 Å². The summed E-state index contributed by atoms with van der Waals surface area (Å²) in [4.78, 5) is 11.0. The Bertz CT molecular complexity index is 422. The molecule has 0 saturated heterocycles. The lowest BCUT2D eigenvalue weighted by Crippen LogP contribution is -2.11. The monoisotopic (exact) mass is 234 g/mol. The second kappa shape index (κ2) is 5.04. The van der Waals surface area contributed by atoms with Crippen LogP contribution in [-0.2, 0) is 14.9 Å². The molecule has 0 bridgehead atoms. The zero-order valence-electron chi connectivity index (χ0n) is 10.7. The van der Waals surface area contributed by atoms with Crippen molar-refractivity contribution in [2.24, 2.45) is 0 Å². The van der Waals surface area contributed by atoms with Crippen LogP contribution in [0.5, 0.6) is 0 Å². The Hall–Kier alpha value is -1.77. The molecular formula is C14H18O3. The van der Waals surface area contributed by atoms with Crippen LogP contribution in [0.2, 0.25) is 0 Å². The van der Waals surface area contributed by atoms with Crippen molar-refractivity contribution in [2.45, 2.75) is 26.2 Å². The standard InChI is InChI=1S/C14H18O3/c1-14(2,3)11-7-5-10(6-8-11)12(9-17-4)13(15)16/h5-9H,1-4H3,(H,15,16)/b12-9+. The maximum Gasteiger partial charge on any atom is 0.339 e. The number of hydrogen-bond acceptors (Lipinski definition) is 2. The molecule has 0 amide bonds. The van der Waals surface area contributed by atoms with Gasteiger partial charge < -0.3 is 9.84 Å². The molecule has 3 heteroatoms. The topological polar surface area (TPSA) is 46.5 Å². The lowest BCUT2D eigenvalue weighted by molar-refractivity contribution is -0.130.